The fourth-order valence-corrected chi connectivity index (χ4v) is 1.93. The molecule has 1 heterocycles. The van der Waals surface area contributed by atoms with Crippen LogP contribution in [0.5, 0.6) is 0 Å². The molecule has 0 aromatic heterocycles. The largest absolute Gasteiger partial charge is 0.481 e. The molecule has 1 aliphatic heterocycles. The van der Waals surface area contributed by atoms with Crippen molar-refractivity contribution in [3.05, 3.63) is 0 Å². The van der Waals surface area contributed by atoms with Crippen LogP contribution in [0, 0.1) is 0 Å². The number of morpholine rings is 1. The predicted octanol–water partition coefficient (Wildman–Crippen LogP) is 0.624. The smallest absolute Gasteiger partial charge is 0.320 e. The zero-order valence-electron chi connectivity index (χ0n) is 10.4. The van der Waals surface area contributed by atoms with E-state index in [1.54, 1.807) is 16.7 Å². The molecule has 1 unspecified atom stereocenters. The maximum atomic E-state index is 12.2. The van der Waals surface area contributed by atoms with E-state index in [-0.39, 0.29) is 18.5 Å². The fourth-order valence-electron chi connectivity index (χ4n) is 1.93. The number of hydrogen-bond acceptors (Lipinski definition) is 3. The molecular formula is C11H20N2O4. The van der Waals surface area contributed by atoms with E-state index in [0.29, 0.717) is 32.8 Å². The van der Waals surface area contributed by atoms with Crippen molar-refractivity contribution in [3.8, 4) is 0 Å². The summed E-state index contributed by atoms with van der Waals surface area (Å²) in [5.41, 5.74) is 0. The number of amides is 2. The monoisotopic (exact) mass is 244 g/mol. The molecule has 1 atom stereocenters. The van der Waals surface area contributed by atoms with E-state index in [1.807, 2.05) is 6.92 Å². The molecule has 0 saturated carbocycles. The molecule has 1 N–H and O–H groups in total. The zero-order chi connectivity index (χ0) is 12.8. The molecule has 0 aromatic rings. The molecule has 6 heteroatoms. The van der Waals surface area contributed by atoms with Crippen LogP contribution in [-0.2, 0) is 9.53 Å². The van der Waals surface area contributed by atoms with Gasteiger partial charge in [0.15, 0.2) is 0 Å². The van der Waals surface area contributed by atoms with Crippen molar-refractivity contribution in [2.75, 3.05) is 32.8 Å². The van der Waals surface area contributed by atoms with Crippen LogP contribution in [0.2, 0.25) is 0 Å². The van der Waals surface area contributed by atoms with Crippen molar-refractivity contribution >= 4 is 12.0 Å². The van der Waals surface area contributed by atoms with E-state index in [4.69, 9.17) is 9.84 Å². The van der Waals surface area contributed by atoms with Gasteiger partial charge in [-0.2, -0.15) is 0 Å². The Morgan fingerprint density at radius 2 is 2.00 bits per heavy atom. The minimum absolute atomic E-state index is 0.0239. The Balaban J connectivity index is 2.58. The fraction of sp³-hybridized carbons (Fsp3) is 0.818. The van der Waals surface area contributed by atoms with Crippen molar-refractivity contribution in [2.45, 2.75) is 26.3 Å². The molecule has 1 rings (SSSR count). The van der Waals surface area contributed by atoms with Crippen LogP contribution in [-0.4, -0.2) is 65.8 Å². The van der Waals surface area contributed by atoms with Gasteiger partial charge in [-0.15, -0.1) is 0 Å². The lowest BCUT2D eigenvalue weighted by atomic mass is 10.2. The van der Waals surface area contributed by atoms with Crippen LogP contribution in [0.4, 0.5) is 4.79 Å². The second-order valence-corrected chi connectivity index (χ2v) is 4.11. The van der Waals surface area contributed by atoms with Crippen LogP contribution in [0.25, 0.3) is 0 Å². The molecule has 17 heavy (non-hydrogen) atoms. The standard InChI is InChI=1S/C11H20N2O4/c1-3-13(9(2)8-10(14)15)11(16)12-4-6-17-7-5-12/h9H,3-8H2,1-2H3,(H,14,15). The minimum atomic E-state index is -0.884. The summed E-state index contributed by atoms with van der Waals surface area (Å²) in [6.45, 7) is 6.40. The van der Waals surface area contributed by atoms with Gasteiger partial charge in [0, 0.05) is 25.7 Å². The molecule has 0 aliphatic carbocycles. The average Bonchev–Trinajstić information content (AvgIpc) is 2.30. The van der Waals surface area contributed by atoms with Crippen molar-refractivity contribution in [1.82, 2.24) is 9.80 Å². The first-order chi connectivity index (χ1) is 8.06. The second-order valence-electron chi connectivity index (χ2n) is 4.11. The topological polar surface area (TPSA) is 70.1 Å². The lowest BCUT2D eigenvalue weighted by Crippen LogP contribution is -2.51. The summed E-state index contributed by atoms with van der Waals surface area (Å²) in [7, 11) is 0. The number of rotatable bonds is 4. The summed E-state index contributed by atoms with van der Waals surface area (Å²) >= 11 is 0. The van der Waals surface area contributed by atoms with Crippen LogP contribution < -0.4 is 0 Å². The first kappa shape index (κ1) is 13.8. The van der Waals surface area contributed by atoms with Crippen LogP contribution >= 0.6 is 0 Å². The van der Waals surface area contributed by atoms with Crippen LogP contribution in [0.15, 0.2) is 0 Å². The molecule has 1 fully saturated rings. The quantitative estimate of drug-likeness (QED) is 0.787. The summed E-state index contributed by atoms with van der Waals surface area (Å²) in [5.74, 6) is -0.884. The molecule has 0 radical (unpaired) electrons. The van der Waals surface area contributed by atoms with Crippen molar-refractivity contribution in [2.24, 2.45) is 0 Å². The number of hydrogen-bond donors (Lipinski definition) is 1. The summed E-state index contributed by atoms with van der Waals surface area (Å²) in [5, 5.41) is 8.75. The number of aliphatic carboxylic acids is 1. The van der Waals surface area contributed by atoms with Gasteiger partial charge in [0.1, 0.15) is 0 Å². The van der Waals surface area contributed by atoms with E-state index in [1.165, 1.54) is 0 Å². The van der Waals surface area contributed by atoms with E-state index in [2.05, 4.69) is 0 Å². The lowest BCUT2D eigenvalue weighted by molar-refractivity contribution is -0.138. The van der Waals surface area contributed by atoms with Gasteiger partial charge in [0.2, 0.25) is 0 Å². The Bertz CT molecular complexity index is 277. The van der Waals surface area contributed by atoms with Gasteiger partial charge < -0.3 is 19.6 Å². The number of ether oxygens (including phenoxy) is 1. The summed E-state index contributed by atoms with van der Waals surface area (Å²) < 4.78 is 5.18. The molecule has 1 aliphatic rings. The van der Waals surface area contributed by atoms with E-state index in [9.17, 15) is 9.59 Å². The number of nitrogens with zero attached hydrogens (tertiary/aromatic N) is 2. The maximum Gasteiger partial charge on any atom is 0.320 e. The number of carboxylic acids is 1. The van der Waals surface area contributed by atoms with Gasteiger partial charge in [-0.25, -0.2) is 4.79 Å². The van der Waals surface area contributed by atoms with Gasteiger partial charge in [0.25, 0.3) is 0 Å². The van der Waals surface area contributed by atoms with Crippen LogP contribution in [0.3, 0.4) is 0 Å². The van der Waals surface area contributed by atoms with Crippen molar-refractivity contribution in [1.29, 1.82) is 0 Å². The molecular weight excluding hydrogens is 224 g/mol. The molecule has 98 valence electrons. The predicted molar refractivity (Wildman–Crippen MR) is 61.9 cm³/mol. The Hall–Kier alpha value is -1.30. The summed E-state index contributed by atoms with van der Waals surface area (Å²) in [6.07, 6.45) is -0.0239. The molecule has 0 spiro atoms. The SMILES string of the molecule is CCN(C(=O)N1CCOCC1)C(C)CC(=O)O. The van der Waals surface area contributed by atoms with Gasteiger partial charge in [0.05, 0.1) is 19.6 Å². The summed E-state index contributed by atoms with van der Waals surface area (Å²) in [6, 6.07) is -0.377. The van der Waals surface area contributed by atoms with Crippen LogP contribution in [0.1, 0.15) is 20.3 Å². The number of carboxylic acid groups (broad SMARTS) is 1. The Labute approximate surface area is 101 Å². The van der Waals surface area contributed by atoms with Crippen molar-refractivity contribution in [3.63, 3.8) is 0 Å². The van der Waals surface area contributed by atoms with E-state index >= 15 is 0 Å². The molecule has 1 saturated heterocycles. The molecule has 0 aromatic carbocycles. The normalized spacial score (nSPS) is 17.6. The lowest BCUT2D eigenvalue weighted by Gasteiger charge is -2.35. The summed E-state index contributed by atoms with van der Waals surface area (Å²) in [4.78, 5) is 26.1. The van der Waals surface area contributed by atoms with Gasteiger partial charge in [-0.3, -0.25) is 4.79 Å². The Kier molecular flexibility index (Phi) is 5.21. The number of carbonyl (C=O) groups excluding carboxylic acids is 1. The van der Waals surface area contributed by atoms with Gasteiger partial charge in [-0.1, -0.05) is 0 Å². The van der Waals surface area contributed by atoms with Gasteiger partial charge >= 0.3 is 12.0 Å². The molecule has 6 nitrogen and oxygen atoms in total. The second kappa shape index (κ2) is 6.44. The first-order valence-corrected chi connectivity index (χ1v) is 5.91. The highest BCUT2D eigenvalue weighted by Gasteiger charge is 2.26. The average molecular weight is 244 g/mol. The third-order valence-electron chi connectivity index (χ3n) is 2.87. The maximum absolute atomic E-state index is 12.2. The van der Waals surface area contributed by atoms with E-state index < -0.39 is 5.97 Å². The van der Waals surface area contributed by atoms with E-state index in [0.717, 1.165) is 0 Å². The highest BCUT2D eigenvalue weighted by molar-refractivity contribution is 5.76. The van der Waals surface area contributed by atoms with Gasteiger partial charge in [-0.05, 0) is 13.8 Å². The highest BCUT2D eigenvalue weighted by Crippen LogP contribution is 2.09. The Morgan fingerprint density at radius 1 is 1.41 bits per heavy atom. The third kappa shape index (κ3) is 3.89. The molecule has 0 bridgehead atoms. The number of carbonyl (C=O) groups is 2. The first-order valence-electron chi connectivity index (χ1n) is 5.91. The third-order valence-corrected chi connectivity index (χ3v) is 2.87. The minimum Gasteiger partial charge on any atom is -0.481 e. The Morgan fingerprint density at radius 3 is 2.47 bits per heavy atom. The number of urea groups is 1. The zero-order valence-corrected chi connectivity index (χ0v) is 10.4. The van der Waals surface area contributed by atoms with Crippen molar-refractivity contribution < 1.29 is 19.4 Å². The molecule has 2 amide bonds. The highest BCUT2D eigenvalue weighted by atomic mass is 16.5.